The molecule has 0 saturated heterocycles. The van der Waals surface area contributed by atoms with Crippen molar-refractivity contribution < 1.29 is 14.9 Å². The van der Waals surface area contributed by atoms with Gasteiger partial charge in [0.2, 0.25) is 0 Å². The first-order valence-corrected chi connectivity index (χ1v) is 10.2. The second-order valence-electron chi connectivity index (χ2n) is 9.37. The summed E-state index contributed by atoms with van der Waals surface area (Å²) < 4.78 is 5.78. The maximum Gasteiger partial charge on any atom is 0.133 e. The van der Waals surface area contributed by atoms with Crippen molar-refractivity contribution in [2.24, 2.45) is 22.7 Å². The van der Waals surface area contributed by atoms with E-state index in [2.05, 4.69) is 25.0 Å². The van der Waals surface area contributed by atoms with Crippen molar-refractivity contribution in [3.05, 3.63) is 23.5 Å². The van der Waals surface area contributed by atoms with Gasteiger partial charge in [0, 0.05) is 11.8 Å². The van der Waals surface area contributed by atoms with Crippen molar-refractivity contribution in [3.63, 3.8) is 0 Å². The van der Waals surface area contributed by atoms with E-state index in [0.717, 1.165) is 37.9 Å². The smallest absolute Gasteiger partial charge is 0.133 e. The van der Waals surface area contributed by atoms with Gasteiger partial charge in [-0.05, 0) is 74.3 Å². The first-order chi connectivity index (χ1) is 12.2. The van der Waals surface area contributed by atoms with E-state index in [0.29, 0.717) is 25.4 Å². The van der Waals surface area contributed by atoms with Crippen molar-refractivity contribution in [3.8, 4) is 12.3 Å². The minimum atomic E-state index is -1.19. The van der Waals surface area contributed by atoms with Crippen LogP contribution in [0.4, 0.5) is 0 Å². The molecule has 0 heterocycles. The van der Waals surface area contributed by atoms with Crippen LogP contribution in [0, 0.1) is 35.0 Å². The number of hydrogen-bond donors (Lipinski definition) is 2. The Morgan fingerprint density at radius 2 is 1.96 bits per heavy atom. The molecule has 4 rings (SSSR count). The lowest BCUT2D eigenvalue weighted by Gasteiger charge is -2.61. The van der Waals surface area contributed by atoms with Gasteiger partial charge in [-0.15, -0.1) is 6.42 Å². The van der Waals surface area contributed by atoms with Gasteiger partial charge in [-0.25, -0.2) is 0 Å². The molecule has 142 valence electrons. The third-order valence-corrected chi connectivity index (χ3v) is 8.64. The van der Waals surface area contributed by atoms with Crippen LogP contribution < -0.4 is 0 Å². The van der Waals surface area contributed by atoms with E-state index in [1.165, 1.54) is 5.57 Å². The number of hydrogen-bond acceptors (Lipinski definition) is 3. The summed E-state index contributed by atoms with van der Waals surface area (Å²) in [5.74, 6) is 4.33. The van der Waals surface area contributed by atoms with E-state index in [4.69, 9.17) is 11.2 Å². The van der Waals surface area contributed by atoms with E-state index in [-0.39, 0.29) is 11.3 Å². The Balaban J connectivity index is 1.73. The lowest BCUT2D eigenvalue weighted by Crippen LogP contribution is -2.63. The highest BCUT2D eigenvalue weighted by Gasteiger charge is 2.70. The Bertz CT molecular complexity index is 715. The molecular formula is C23H32O3. The molecule has 2 N–H and O–H groups in total. The van der Waals surface area contributed by atoms with Crippen LogP contribution in [0.15, 0.2) is 23.5 Å². The average Bonchev–Trinajstić information content (AvgIpc) is 2.84. The number of ether oxygens (including phenoxy) is 1. The monoisotopic (exact) mass is 356 g/mol. The lowest BCUT2D eigenvalue weighted by atomic mass is 9.46. The van der Waals surface area contributed by atoms with Gasteiger partial charge in [-0.1, -0.05) is 25.8 Å². The molecule has 0 spiro atoms. The lowest BCUT2D eigenvalue weighted by molar-refractivity contribution is -0.199. The van der Waals surface area contributed by atoms with Gasteiger partial charge in [0.25, 0.3) is 0 Å². The second-order valence-corrected chi connectivity index (χ2v) is 9.37. The molecule has 0 aromatic heterocycles. The third-order valence-electron chi connectivity index (χ3n) is 8.64. The van der Waals surface area contributed by atoms with E-state index < -0.39 is 16.6 Å². The van der Waals surface area contributed by atoms with Gasteiger partial charge in [0.1, 0.15) is 5.60 Å². The van der Waals surface area contributed by atoms with Crippen LogP contribution in [0.25, 0.3) is 0 Å². The number of fused-ring (bicyclic) bond motifs is 5. The van der Waals surface area contributed by atoms with Gasteiger partial charge in [-0.2, -0.15) is 0 Å². The summed E-state index contributed by atoms with van der Waals surface area (Å²) in [4.78, 5) is 0. The predicted octanol–water partition coefficient (Wildman–Crippen LogP) is 3.96. The van der Waals surface area contributed by atoms with Gasteiger partial charge >= 0.3 is 0 Å². The Hall–Kier alpha value is -1.24. The maximum absolute atomic E-state index is 11.8. The summed E-state index contributed by atoms with van der Waals surface area (Å²) in [6, 6.07) is 0. The first kappa shape index (κ1) is 18.1. The number of allylic oxidation sites excluding steroid dienone is 4. The number of terminal acetylenes is 1. The molecule has 0 bridgehead atoms. The zero-order valence-electron chi connectivity index (χ0n) is 16.3. The summed E-state index contributed by atoms with van der Waals surface area (Å²) in [6.07, 6.45) is 16.1. The van der Waals surface area contributed by atoms with Crippen LogP contribution >= 0.6 is 0 Å². The van der Waals surface area contributed by atoms with Crippen molar-refractivity contribution in [2.75, 3.05) is 6.61 Å². The molecule has 4 aliphatic rings. The fraction of sp³-hybridized carbons (Fsp3) is 0.739. The molecule has 26 heavy (non-hydrogen) atoms. The zero-order chi connectivity index (χ0) is 18.8. The zero-order valence-corrected chi connectivity index (χ0v) is 16.3. The molecule has 3 nitrogen and oxygen atoms in total. The fourth-order valence-electron chi connectivity index (χ4n) is 6.81. The Morgan fingerprint density at radius 1 is 1.19 bits per heavy atom. The Labute approximate surface area is 157 Å². The summed E-state index contributed by atoms with van der Waals surface area (Å²) in [6.45, 7) is 7.13. The van der Waals surface area contributed by atoms with Gasteiger partial charge < -0.3 is 14.9 Å². The van der Waals surface area contributed by atoms with Crippen LogP contribution in [-0.4, -0.2) is 28.0 Å². The average molecular weight is 357 g/mol. The molecule has 4 aliphatic carbocycles. The predicted molar refractivity (Wildman–Crippen MR) is 102 cm³/mol. The van der Waals surface area contributed by atoms with Crippen molar-refractivity contribution in [2.45, 2.75) is 76.9 Å². The van der Waals surface area contributed by atoms with E-state index in [1.54, 1.807) is 0 Å². The molecule has 3 heteroatoms. The van der Waals surface area contributed by atoms with Crippen LogP contribution in [-0.2, 0) is 4.74 Å². The molecule has 0 aromatic rings. The highest BCUT2D eigenvalue weighted by Crippen LogP contribution is 2.68. The minimum absolute atomic E-state index is 0.0808. The molecule has 0 aromatic carbocycles. The van der Waals surface area contributed by atoms with Crippen molar-refractivity contribution in [1.29, 1.82) is 0 Å². The molecule has 0 aliphatic heterocycles. The van der Waals surface area contributed by atoms with Crippen LogP contribution in [0.5, 0.6) is 0 Å². The van der Waals surface area contributed by atoms with Crippen molar-refractivity contribution in [1.82, 2.24) is 0 Å². The molecule has 2 saturated carbocycles. The molecule has 0 unspecified atom stereocenters. The fourth-order valence-corrected chi connectivity index (χ4v) is 6.81. The summed E-state index contributed by atoms with van der Waals surface area (Å²) in [5.41, 5.74) is -1.22. The van der Waals surface area contributed by atoms with Crippen LogP contribution in [0.3, 0.4) is 0 Å². The van der Waals surface area contributed by atoms with Crippen LogP contribution in [0.2, 0.25) is 0 Å². The Morgan fingerprint density at radius 3 is 2.65 bits per heavy atom. The van der Waals surface area contributed by atoms with Crippen molar-refractivity contribution >= 4 is 0 Å². The van der Waals surface area contributed by atoms with E-state index in [1.807, 2.05) is 13.8 Å². The molecule has 0 radical (unpaired) electrons. The Kier molecular flexibility index (Phi) is 3.93. The van der Waals surface area contributed by atoms with E-state index in [9.17, 15) is 10.2 Å². The number of aliphatic hydroxyl groups is 2. The first-order valence-electron chi connectivity index (χ1n) is 10.2. The highest BCUT2D eigenvalue weighted by atomic mass is 16.5. The maximum atomic E-state index is 11.8. The van der Waals surface area contributed by atoms with Crippen LogP contribution in [0.1, 0.15) is 65.7 Å². The molecule has 0 amide bonds. The highest BCUT2D eigenvalue weighted by molar-refractivity contribution is 5.38. The summed E-state index contributed by atoms with van der Waals surface area (Å²) in [5, 5.41) is 22.9. The van der Waals surface area contributed by atoms with E-state index >= 15 is 0 Å². The molecule has 6 atom stereocenters. The largest absolute Gasteiger partial charge is 0.498 e. The summed E-state index contributed by atoms with van der Waals surface area (Å²) >= 11 is 0. The minimum Gasteiger partial charge on any atom is -0.498 e. The standard InChI is InChI=1S/C23H32O3/c1-5-22(24)13-14-23(25)19-8-7-16-15-17(26-6-2)9-11-20(16,3)18(19)10-12-21(22,23)4/h1,7,15,18-19,24-25H,6,8-14H2,2-4H3/t18-,19+,20-,21+,22+,23+/m0/s1. The normalized spacial score (nSPS) is 49.8. The van der Waals surface area contributed by atoms with Gasteiger partial charge in [0.05, 0.1) is 18.0 Å². The SMILES string of the molecule is C#C[C@@]1(O)CC[C@@]2(O)[C@@H]3CC=C4C=C(OCC)CC[C@]4(C)[C@H]3CC[C@]12C. The second kappa shape index (κ2) is 5.63. The molecule has 2 fully saturated rings. The third kappa shape index (κ3) is 2.04. The quantitative estimate of drug-likeness (QED) is 0.737. The van der Waals surface area contributed by atoms with Gasteiger partial charge in [0.15, 0.2) is 0 Å². The van der Waals surface area contributed by atoms with Gasteiger partial charge in [-0.3, -0.25) is 0 Å². The number of rotatable bonds is 2. The topological polar surface area (TPSA) is 49.7 Å². The molecular weight excluding hydrogens is 324 g/mol. The summed E-state index contributed by atoms with van der Waals surface area (Å²) in [7, 11) is 0.